The molecule has 0 nitrogen and oxygen atoms in total. The third-order valence-electron chi connectivity index (χ3n) is 9.23. The Kier molecular flexibility index (Phi) is 16.2. The predicted octanol–water partition coefficient (Wildman–Crippen LogP) is 13.5. The van der Waals surface area contributed by atoms with Crippen molar-refractivity contribution in [2.24, 2.45) is 17.8 Å². The van der Waals surface area contributed by atoms with Crippen LogP contribution in [-0.2, 0) is 12.8 Å². The molecule has 0 saturated carbocycles. The molecule has 1 aliphatic carbocycles. The molecule has 2 aromatic rings. The number of hydrogen-bond donors (Lipinski definition) is 0. The van der Waals surface area contributed by atoms with E-state index in [1.165, 1.54) is 63.0 Å². The van der Waals surface area contributed by atoms with Crippen LogP contribution in [0, 0.1) is 29.6 Å². The Balaban J connectivity index is 2.07. The van der Waals surface area contributed by atoms with Crippen molar-refractivity contribution in [1.29, 1.82) is 0 Å². The lowest BCUT2D eigenvalue weighted by molar-refractivity contribution is 0.555. The number of hydrogen-bond acceptors (Lipinski definition) is 0. The third-order valence-corrected chi connectivity index (χ3v) is 9.23. The molecule has 3 rings (SSSR count). The zero-order valence-electron chi connectivity index (χ0n) is 30.9. The molecule has 2 aromatic carbocycles. The largest absolute Gasteiger partial charge is 0.0992 e. The molecule has 0 heteroatoms. The highest BCUT2D eigenvalue weighted by Gasteiger charge is 2.24. The van der Waals surface area contributed by atoms with Crippen LogP contribution in [0.2, 0.25) is 0 Å². The molecule has 0 amide bonds. The van der Waals surface area contributed by atoms with Gasteiger partial charge in [-0.2, -0.15) is 0 Å². The summed E-state index contributed by atoms with van der Waals surface area (Å²) < 4.78 is 0. The molecular weight excluding hydrogens is 577 g/mol. The minimum absolute atomic E-state index is 0.253. The molecule has 1 atom stereocenters. The van der Waals surface area contributed by atoms with Crippen LogP contribution in [-0.4, -0.2) is 0 Å². The maximum atomic E-state index is 4.65. The van der Waals surface area contributed by atoms with Gasteiger partial charge >= 0.3 is 0 Å². The van der Waals surface area contributed by atoms with Crippen LogP contribution in [0.3, 0.4) is 0 Å². The van der Waals surface area contributed by atoms with Crippen LogP contribution in [0.25, 0.3) is 0 Å². The van der Waals surface area contributed by atoms with Crippen molar-refractivity contribution in [3.63, 3.8) is 0 Å². The summed E-state index contributed by atoms with van der Waals surface area (Å²) in [7, 11) is 0. The summed E-state index contributed by atoms with van der Waals surface area (Å²) in [5, 5.41) is 0. The van der Waals surface area contributed by atoms with Gasteiger partial charge < -0.3 is 0 Å². The lowest BCUT2D eigenvalue weighted by atomic mass is 9.82. The average Bonchev–Trinajstić information content (AvgIpc) is 3.48. The van der Waals surface area contributed by atoms with Crippen LogP contribution in [0.1, 0.15) is 97.6 Å². The topological polar surface area (TPSA) is 0 Å². The van der Waals surface area contributed by atoms with Gasteiger partial charge in [0, 0.05) is 17.9 Å². The van der Waals surface area contributed by atoms with Crippen molar-refractivity contribution < 1.29 is 0 Å². The van der Waals surface area contributed by atoms with Crippen LogP contribution in [0.5, 0.6) is 0 Å². The molecule has 0 spiro atoms. The van der Waals surface area contributed by atoms with E-state index < -0.39 is 0 Å². The normalized spacial score (nSPS) is 15.6. The summed E-state index contributed by atoms with van der Waals surface area (Å²) in [5.74, 6) is 8.75. The number of allylic oxidation sites excluding steroid dienone is 13. The van der Waals surface area contributed by atoms with E-state index in [1.807, 2.05) is 6.08 Å². The Morgan fingerprint density at radius 1 is 0.875 bits per heavy atom. The summed E-state index contributed by atoms with van der Waals surface area (Å²) in [5.41, 5.74) is 13.2. The summed E-state index contributed by atoms with van der Waals surface area (Å²) in [6, 6.07) is 21.5. The number of rotatable bonds is 17. The Hall–Kier alpha value is -4.08. The number of benzene rings is 2. The van der Waals surface area contributed by atoms with Gasteiger partial charge in [-0.1, -0.05) is 173 Å². The molecule has 0 saturated heterocycles. The van der Waals surface area contributed by atoms with E-state index >= 15 is 0 Å². The van der Waals surface area contributed by atoms with Crippen molar-refractivity contribution in [2.75, 3.05) is 0 Å². The van der Waals surface area contributed by atoms with E-state index in [0.29, 0.717) is 11.8 Å². The van der Waals surface area contributed by atoms with Gasteiger partial charge in [-0.3, -0.25) is 0 Å². The first-order valence-corrected chi connectivity index (χ1v) is 18.1. The predicted molar refractivity (Wildman–Crippen MR) is 213 cm³/mol. The van der Waals surface area contributed by atoms with E-state index in [4.69, 9.17) is 0 Å². The maximum Gasteiger partial charge on any atom is 0.0344 e. The van der Waals surface area contributed by atoms with Gasteiger partial charge in [-0.15, -0.1) is 0 Å². The highest BCUT2D eigenvalue weighted by molar-refractivity contribution is 5.55. The van der Waals surface area contributed by atoms with E-state index in [9.17, 15) is 0 Å². The molecule has 1 unspecified atom stereocenters. The van der Waals surface area contributed by atoms with Gasteiger partial charge in [0.1, 0.15) is 0 Å². The molecule has 0 aromatic heterocycles. The second kappa shape index (κ2) is 20.3. The van der Waals surface area contributed by atoms with E-state index in [1.54, 1.807) is 0 Å². The first kappa shape index (κ1) is 38.4. The van der Waals surface area contributed by atoms with Gasteiger partial charge in [0.05, 0.1) is 0 Å². The fraction of sp³-hybridized carbons (Fsp3) is 0.375. The molecule has 252 valence electrons. The molecule has 1 aliphatic rings. The van der Waals surface area contributed by atoms with Crippen molar-refractivity contribution >= 4 is 0 Å². The highest BCUT2D eigenvalue weighted by Crippen LogP contribution is 2.40. The molecule has 0 aliphatic heterocycles. The fourth-order valence-corrected chi connectivity index (χ4v) is 6.56. The Bertz CT molecular complexity index is 1580. The monoisotopic (exact) mass is 636 g/mol. The molecular formula is C48H60. The first-order chi connectivity index (χ1) is 23.1. The van der Waals surface area contributed by atoms with Gasteiger partial charge in [0.25, 0.3) is 0 Å². The minimum atomic E-state index is 0.253. The van der Waals surface area contributed by atoms with E-state index in [-0.39, 0.29) is 5.92 Å². The lowest BCUT2D eigenvalue weighted by Gasteiger charge is -2.23. The average molecular weight is 637 g/mol. The quantitative estimate of drug-likeness (QED) is 0.0920. The second-order valence-corrected chi connectivity index (χ2v) is 14.3. The smallest absolute Gasteiger partial charge is 0.0344 e. The summed E-state index contributed by atoms with van der Waals surface area (Å²) in [6.07, 6.45) is 19.7. The summed E-state index contributed by atoms with van der Waals surface area (Å²) in [6.45, 7) is 27.0. The molecule has 0 fully saturated rings. The Morgan fingerprint density at radius 3 is 2.15 bits per heavy atom. The standard InChI is InChI=1S/C48H60/c1-10-12-22-38(7)47(40(9)30-37(5)6)33-41(11-2)31-44(29-20-28-42-24-15-13-16-25-42)45-34-46(32-43-26-17-14-18-27-43)48(35-45)39(8)23-19-21-36(3)4/h10-18,22,24-27,31,36-37,47H,2,8-9,19,21,23,28,30,32-35H2,1,3-7H3/b12-10-,38-22+,41-31+,45-44-. The maximum absolute atomic E-state index is 4.65. The van der Waals surface area contributed by atoms with Crippen LogP contribution >= 0.6 is 0 Å². The summed E-state index contributed by atoms with van der Waals surface area (Å²) in [4.78, 5) is 0. The minimum Gasteiger partial charge on any atom is -0.0992 e. The Morgan fingerprint density at radius 2 is 1.54 bits per heavy atom. The molecule has 48 heavy (non-hydrogen) atoms. The second-order valence-electron chi connectivity index (χ2n) is 14.3. The molecule has 0 heterocycles. The fourth-order valence-electron chi connectivity index (χ4n) is 6.56. The van der Waals surface area contributed by atoms with Crippen LogP contribution in [0.4, 0.5) is 0 Å². The van der Waals surface area contributed by atoms with Gasteiger partial charge in [0.2, 0.25) is 0 Å². The zero-order chi connectivity index (χ0) is 34.9. The molecule has 0 radical (unpaired) electrons. The zero-order valence-corrected chi connectivity index (χ0v) is 30.9. The summed E-state index contributed by atoms with van der Waals surface area (Å²) >= 11 is 0. The van der Waals surface area contributed by atoms with E-state index in [2.05, 4.69) is 158 Å². The van der Waals surface area contributed by atoms with Gasteiger partial charge in [-0.05, 0) is 105 Å². The van der Waals surface area contributed by atoms with Crippen LogP contribution in [0.15, 0.2) is 155 Å². The molecule has 0 bridgehead atoms. The Labute approximate surface area is 294 Å². The lowest BCUT2D eigenvalue weighted by Crippen LogP contribution is -2.09. The van der Waals surface area contributed by atoms with Crippen molar-refractivity contribution in [1.82, 2.24) is 0 Å². The van der Waals surface area contributed by atoms with Crippen LogP contribution < -0.4 is 0 Å². The highest BCUT2D eigenvalue weighted by atomic mass is 14.3. The first-order valence-electron chi connectivity index (χ1n) is 18.1. The van der Waals surface area contributed by atoms with Gasteiger partial charge in [-0.25, -0.2) is 0 Å². The SMILES string of the molecule is C=C/C(=C\C(C#CCc1ccccc1)=C1\CC(Cc2ccccc2)=C(C(=C)CCCC(C)C)C1)CC(C(=C)CC(C)C)/C(C)=C/C=C\C. The third kappa shape index (κ3) is 12.8. The van der Waals surface area contributed by atoms with Crippen molar-refractivity contribution in [3.8, 4) is 11.8 Å². The van der Waals surface area contributed by atoms with Crippen molar-refractivity contribution in [2.45, 2.75) is 99.3 Å². The molecule has 0 N–H and O–H groups in total. The van der Waals surface area contributed by atoms with Crippen molar-refractivity contribution in [3.05, 3.63) is 166 Å². The van der Waals surface area contributed by atoms with E-state index in [0.717, 1.165) is 50.5 Å². The van der Waals surface area contributed by atoms with Gasteiger partial charge in [0.15, 0.2) is 0 Å².